The van der Waals surface area contributed by atoms with Gasteiger partial charge in [0.15, 0.2) is 0 Å². The summed E-state index contributed by atoms with van der Waals surface area (Å²) < 4.78 is 0. The quantitative estimate of drug-likeness (QED) is 0.670. The lowest BCUT2D eigenvalue weighted by Crippen LogP contribution is -2.29. The molecule has 148 valence electrons. The summed E-state index contributed by atoms with van der Waals surface area (Å²) in [5.74, 6) is 0.143. The van der Waals surface area contributed by atoms with E-state index in [1.54, 1.807) is 24.7 Å². The molecule has 0 unspecified atom stereocenters. The molecule has 4 rings (SSSR count). The molecule has 0 bridgehead atoms. The van der Waals surface area contributed by atoms with Gasteiger partial charge in [0.1, 0.15) is 5.69 Å². The highest BCUT2D eigenvalue weighted by molar-refractivity contribution is 6.03. The van der Waals surface area contributed by atoms with Crippen molar-refractivity contribution < 1.29 is 4.79 Å². The number of rotatable bonds is 6. The average Bonchev–Trinajstić information content (AvgIpc) is 2.80. The van der Waals surface area contributed by atoms with Gasteiger partial charge in [0.2, 0.25) is 5.95 Å². The Morgan fingerprint density at radius 3 is 2.59 bits per heavy atom. The number of carbonyl (C=O) groups is 1. The van der Waals surface area contributed by atoms with E-state index in [4.69, 9.17) is 0 Å². The Morgan fingerprint density at radius 2 is 1.83 bits per heavy atom. The largest absolute Gasteiger partial charge is 0.372 e. The molecule has 0 atom stereocenters. The lowest BCUT2D eigenvalue weighted by molar-refractivity contribution is 0.102. The lowest BCUT2D eigenvalue weighted by Gasteiger charge is -2.28. The Morgan fingerprint density at radius 1 is 1.00 bits per heavy atom. The van der Waals surface area contributed by atoms with Crippen LogP contribution in [0, 0.1) is 0 Å². The molecule has 7 heteroatoms. The number of nitrogens with zero attached hydrogens (tertiary/aromatic N) is 4. The molecule has 2 N–H and O–H groups in total. The number of hydrogen-bond donors (Lipinski definition) is 2. The number of piperidine rings is 1. The topological polar surface area (TPSA) is 83.0 Å². The van der Waals surface area contributed by atoms with Crippen molar-refractivity contribution in [3.8, 4) is 0 Å². The number of amides is 1. The van der Waals surface area contributed by atoms with Crippen LogP contribution in [0.25, 0.3) is 0 Å². The van der Waals surface area contributed by atoms with E-state index in [-0.39, 0.29) is 5.91 Å². The third-order valence-electron chi connectivity index (χ3n) is 4.91. The van der Waals surface area contributed by atoms with E-state index < -0.39 is 0 Å². The molecular formula is C22H24N6O. The second-order valence-electron chi connectivity index (χ2n) is 7.03. The number of hydrogen-bond acceptors (Lipinski definition) is 6. The van der Waals surface area contributed by atoms with Gasteiger partial charge in [-0.2, -0.15) is 0 Å². The molecule has 7 nitrogen and oxygen atoms in total. The zero-order valence-corrected chi connectivity index (χ0v) is 16.2. The highest BCUT2D eigenvalue weighted by Gasteiger charge is 2.12. The molecular weight excluding hydrogens is 364 g/mol. The van der Waals surface area contributed by atoms with Crippen LogP contribution in [0.4, 0.5) is 17.3 Å². The summed E-state index contributed by atoms with van der Waals surface area (Å²) >= 11 is 0. The van der Waals surface area contributed by atoms with Gasteiger partial charge < -0.3 is 15.5 Å². The zero-order valence-electron chi connectivity index (χ0n) is 16.2. The van der Waals surface area contributed by atoms with Crippen LogP contribution in [0.3, 0.4) is 0 Å². The van der Waals surface area contributed by atoms with Crippen LogP contribution < -0.4 is 15.5 Å². The molecule has 29 heavy (non-hydrogen) atoms. The van der Waals surface area contributed by atoms with Crippen molar-refractivity contribution in [2.75, 3.05) is 28.6 Å². The average molecular weight is 388 g/mol. The fourth-order valence-electron chi connectivity index (χ4n) is 3.36. The number of nitrogens with one attached hydrogen (secondary N) is 2. The first-order valence-electron chi connectivity index (χ1n) is 9.90. The fourth-order valence-corrected chi connectivity index (χ4v) is 3.36. The van der Waals surface area contributed by atoms with Gasteiger partial charge in [0.25, 0.3) is 5.91 Å². The second-order valence-corrected chi connectivity index (χ2v) is 7.03. The maximum Gasteiger partial charge on any atom is 0.274 e. The summed E-state index contributed by atoms with van der Waals surface area (Å²) in [5.41, 5.74) is 3.28. The summed E-state index contributed by atoms with van der Waals surface area (Å²) in [5, 5.41) is 6.02. The molecule has 1 fully saturated rings. The number of pyridine rings is 1. The first-order valence-corrected chi connectivity index (χ1v) is 9.90. The minimum absolute atomic E-state index is 0.262. The van der Waals surface area contributed by atoms with Crippen LogP contribution in [0.5, 0.6) is 0 Å². The number of anilines is 3. The standard InChI is InChI=1S/C22H24N6O/c29-21(26-18-6-8-19(9-7-18)28-13-2-1-3-14-28)20-10-12-24-22(27-20)25-16-17-5-4-11-23-15-17/h4-12,15H,1-3,13-14,16H2,(H,26,29)(H,24,25,27). The second kappa shape index (κ2) is 9.14. The lowest BCUT2D eigenvalue weighted by atomic mass is 10.1. The molecule has 1 aliphatic rings. The predicted molar refractivity (Wildman–Crippen MR) is 114 cm³/mol. The summed E-state index contributed by atoms with van der Waals surface area (Å²) in [6.45, 7) is 2.74. The maximum absolute atomic E-state index is 12.6. The SMILES string of the molecule is O=C(Nc1ccc(N2CCCCC2)cc1)c1ccnc(NCc2cccnc2)n1. The molecule has 3 aromatic rings. The molecule has 1 aromatic carbocycles. The van der Waals surface area contributed by atoms with Crippen molar-refractivity contribution in [1.82, 2.24) is 15.0 Å². The maximum atomic E-state index is 12.6. The monoisotopic (exact) mass is 388 g/mol. The van der Waals surface area contributed by atoms with Gasteiger partial charge in [-0.15, -0.1) is 0 Å². The van der Waals surface area contributed by atoms with Crippen molar-refractivity contribution in [1.29, 1.82) is 0 Å². The highest BCUT2D eigenvalue weighted by Crippen LogP contribution is 2.22. The van der Waals surface area contributed by atoms with E-state index in [9.17, 15) is 4.79 Å². The van der Waals surface area contributed by atoms with E-state index in [2.05, 4.69) is 42.6 Å². The third kappa shape index (κ3) is 5.07. The smallest absolute Gasteiger partial charge is 0.274 e. The first kappa shape index (κ1) is 18.9. The number of carbonyl (C=O) groups excluding carboxylic acids is 1. The van der Waals surface area contributed by atoms with Crippen molar-refractivity contribution in [2.24, 2.45) is 0 Å². The minimum atomic E-state index is -0.262. The van der Waals surface area contributed by atoms with E-state index >= 15 is 0 Å². The molecule has 0 saturated carbocycles. The Labute approximate surface area is 170 Å². The molecule has 1 aliphatic heterocycles. The highest BCUT2D eigenvalue weighted by atomic mass is 16.1. The van der Waals surface area contributed by atoms with Crippen LogP contribution in [-0.2, 0) is 6.54 Å². The fraction of sp³-hybridized carbons (Fsp3) is 0.273. The summed E-state index contributed by atoms with van der Waals surface area (Å²) in [6.07, 6.45) is 8.86. The van der Waals surface area contributed by atoms with E-state index in [1.165, 1.54) is 24.9 Å². The van der Waals surface area contributed by atoms with Gasteiger partial charge in [0.05, 0.1) is 0 Å². The van der Waals surface area contributed by atoms with Crippen LogP contribution in [0.2, 0.25) is 0 Å². The van der Waals surface area contributed by atoms with Crippen molar-refractivity contribution >= 4 is 23.2 Å². The van der Waals surface area contributed by atoms with Gasteiger partial charge in [0, 0.05) is 49.6 Å². The Hall–Kier alpha value is -3.48. The van der Waals surface area contributed by atoms with Crippen LogP contribution in [-0.4, -0.2) is 33.9 Å². The first-order chi connectivity index (χ1) is 14.3. The van der Waals surface area contributed by atoms with Gasteiger partial charge in [-0.25, -0.2) is 9.97 Å². The van der Waals surface area contributed by atoms with E-state index in [0.29, 0.717) is 18.2 Å². The third-order valence-corrected chi connectivity index (χ3v) is 4.91. The molecule has 1 saturated heterocycles. The minimum Gasteiger partial charge on any atom is -0.372 e. The van der Waals surface area contributed by atoms with Crippen molar-refractivity contribution in [3.63, 3.8) is 0 Å². The van der Waals surface area contributed by atoms with E-state index in [1.807, 2.05) is 24.3 Å². The summed E-state index contributed by atoms with van der Waals surface area (Å²) in [7, 11) is 0. The Kier molecular flexibility index (Phi) is 5.95. The van der Waals surface area contributed by atoms with Crippen LogP contribution >= 0.6 is 0 Å². The number of aromatic nitrogens is 3. The van der Waals surface area contributed by atoms with Gasteiger partial charge in [-0.3, -0.25) is 9.78 Å². The molecule has 0 spiro atoms. The van der Waals surface area contributed by atoms with Crippen molar-refractivity contribution in [2.45, 2.75) is 25.8 Å². The zero-order chi connectivity index (χ0) is 19.9. The molecule has 0 radical (unpaired) electrons. The number of benzene rings is 1. The molecule has 3 heterocycles. The molecule has 2 aromatic heterocycles. The van der Waals surface area contributed by atoms with Gasteiger partial charge in [-0.05, 0) is 61.2 Å². The van der Waals surface area contributed by atoms with E-state index in [0.717, 1.165) is 24.3 Å². The van der Waals surface area contributed by atoms with Crippen LogP contribution in [0.15, 0.2) is 61.1 Å². The molecule has 0 aliphatic carbocycles. The van der Waals surface area contributed by atoms with Gasteiger partial charge >= 0.3 is 0 Å². The molecule has 1 amide bonds. The summed E-state index contributed by atoms with van der Waals surface area (Å²) in [4.78, 5) is 27.5. The predicted octanol–water partition coefficient (Wildman–Crippen LogP) is 3.73. The Bertz CT molecular complexity index is 939. The van der Waals surface area contributed by atoms with Gasteiger partial charge in [-0.1, -0.05) is 6.07 Å². The van der Waals surface area contributed by atoms with Crippen molar-refractivity contribution in [3.05, 3.63) is 72.3 Å². The summed E-state index contributed by atoms with van der Waals surface area (Å²) in [6, 6.07) is 13.4. The Balaban J connectivity index is 1.36. The van der Waals surface area contributed by atoms with Crippen LogP contribution in [0.1, 0.15) is 35.3 Å². The normalized spacial score (nSPS) is 13.7.